The number of carbonyl (C=O) groups is 2. The van der Waals surface area contributed by atoms with Gasteiger partial charge < -0.3 is 20.4 Å². The average molecular weight is 272 g/mol. The molecule has 1 atom stereocenters. The summed E-state index contributed by atoms with van der Waals surface area (Å²) in [4.78, 5) is 24.5. The van der Waals surface area contributed by atoms with E-state index in [0.717, 1.165) is 19.3 Å². The summed E-state index contributed by atoms with van der Waals surface area (Å²) in [6.07, 6.45) is 3.09. The summed E-state index contributed by atoms with van der Waals surface area (Å²) < 4.78 is 0. The van der Waals surface area contributed by atoms with Gasteiger partial charge in [-0.3, -0.25) is 4.79 Å². The maximum atomic E-state index is 12.0. The molecule has 1 heterocycles. The predicted octanol–water partition coefficient (Wildman–Crippen LogP) is 1.04. The van der Waals surface area contributed by atoms with Gasteiger partial charge in [-0.15, -0.1) is 0 Å². The topological polar surface area (TPSA) is 89.9 Å². The van der Waals surface area contributed by atoms with Crippen molar-refractivity contribution in [1.29, 1.82) is 0 Å². The van der Waals surface area contributed by atoms with Crippen LogP contribution in [0.15, 0.2) is 0 Å². The van der Waals surface area contributed by atoms with Crippen LogP contribution in [0.4, 0.5) is 4.79 Å². The van der Waals surface area contributed by atoms with Gasteiger partial charge in [-0.25, -0.2) is 4.79 Å². The number of aliphatic carboxylic acids is 1. The molecule has 1 saturated heterocycles. The third kappa shape index (κ3) is 5.46. The molecule has 0 aromatic carbocycles. The van der Waals surface area contributed by atoms with Crippen molar-refractivity contribution in [3.63, 3.8) is 0 Å². The van der Waals surface area contributed by atoms with Crippen LogP contribution < -0.4 is 5.32 Å². The van der Waals surface area contributed by atoms with E-state index < -0.39 is 5.97 Å². The lowest BCUT2D eigenvalue weighted by atomic mass is 9.98. The number of nitrogens with one attached hydrogen (secondary N) is 1. The molecule has 1 aliphatic rings. The number of carbonyl (C=O) groups excluding carboxylic acids is 1. The van der Waals surface area contributed by atoms with Gasteiger partial charge in [-0.05, 0) is 25.2 Å². The molecule has 0 aliphatic carbocycles. The van der Waals surface area contributed by atoms with Gasteiger partial charge in [-0.1, -0.05) is 13.3 Å². The Morgan fingerprint density at radius 3 is 2.47 bits per heavy atom. The van der Waals surface area contributed by atoms with Gasteiger partial charge in [0.2, 0.25) is 0 Å². The van der Waals surface area contributed by atoms with Crippen molar-refractivity contribution in [2.24, 2.45) is 5.92 Å². The molecule has 1 fully saturated rings. The van der Waals surface area contributed by atoms with Crippen LogP contribution in [0.2, 0.25) is 0 Å². The van der Waals surface area contributed by atoms with Crippen LogP contribution in [0.1, 0.15) is 39.0 Å². The van der Waals surface area contributed by atoms with Crippen LogP contribution in [0.5, 0.6) is 0 Å². The Hall–Kier alpha value is -1.30. The molecule has 3 N–H and O–H groups in total. The second kappa shape index (κ2) is 7.99. The highest BCUT2D eigenvalue weighted by molar-refractivity contribution is 5.76. The number of aliphatic hydroxyl groups is 1. The van der Waals surface area contributed by atoms with E-state index in [1.165, 1.54) is 0 Å². The minimum Gasteiger partial charge on any atom is -0.481 e. The van der Waals surface area contributed by atoms with Gasteiger partial charge >= 0.3 is 12.0 Å². The molecule has 0 saturated carbocycles. The van der Waals surface area contributed by atoms with Gasteiger partial charge in [0, 0.05) is 25.7 Å². The zero-order valence-electron chi connectivity index (χ0n) is 11.5. The van der Waals surface area contributed by atoms with Crippen LogP contribution in [-0.4, -0.2) is 52.9 Å². The second-order valence-corrected chi connectivity index (χ2v) is 5.15. The number of hydrogen-bond acceptors (Lipinski definition) is 3. The summed E-state index contributed by atoms with van der Waals surface area (Å²) in [5, 5.41) is 20.6. The Morgan fingerprint density at radius 2 is 2.00 bits per heavy atom. The molecule has 6 nitrogen and oxygen atoms in total. The number of urea groups is 1. The smallest absolute Gasteiger partial charge is 0.317 e. The van der Waals surface area contributed by atoms with E-state index in [2.05, 4.69) is 5.32 Å². The molecule has 0 bridgehead atoms. The standard InChI is InChI=1S/C13H24N2O4/c1-2-3-11(8-12(17)18)14-13(19)15-6-4-10(9-16)5-7-15/h10-11,16H,2-9H2,1H3,(H,14,19)(H,17,18). The SMILES string of the molecule is CCCC(CC(=O)O)NC(=O)N1CCC(CO)CC1. The summed E-state index contributed by atoms with van der Waals surface area (Å²) >= 11 is 0. The van der Waals surface area contributed by atoms with Crippen molar-refractivity contribution < 1.29 is 19.8 Å². The van der Waals surface area contributed by atoms with Crippen molar-refractivity contribution in [1.82, 2.24) is 10.2 Å². The Balaban J connectivity index is 2.41. The first-order chi connectivity index (χ1) is 9.06. The van der Waals surface area contributed by atoms with Crippen LogP contribution in [0.25, 0.3) is 0 Å². The van der Waals surface area contributed by atoms with Gasteiger partial charge in [-0.2, -0.15) is 0 Å². The Bertz CT molecular complexity index is 301. The number of hydrogen-bond donors (Lipinski definition) is 3. The minimum absolute atomic E-state index is 0.0350. The summed E-state index contributed by atoms with van der Waals surface area (Å²) in [5.41, 5.74) is 0. The fraction of sp³-hybridized carbons (Fsp3) is 0.846. The highest BCUT2D eigenvalue weighted by Gasteiger charge is 2.24. The number of carboxylic acids is 1. The van der Waals surface area contributed by atoms with Crippen LogP contribution >= 0.6 is 0 Å². The van der Waals surface area contributed by atoms with E-state index >= 15 is 0 Å². The molecule has 2 amide bonds. The lowest BCUT2D eigenvalue weighted by Gasteiger charge is -2.32. The van der Waals surface area contributed by atoms with Gasteiger partial charge in [0.15, 0.2) is 0 Å². The summed E-state index contributed by atoms with van der Waals surface area (Å²) in [5.74, 6) is -0.604. The van der Waals surface area contributed by atoms with E-state index in [0.29, 0.717) is 19.5 Å². The number of likely N-dealkylation sites (tertiary alicyclic amines) is 1. The van der Waals surface area contributed by atoms with E-state index in [1.807, 2.05) is 6.92 Å². The molecule has 0 radical (unpaired) electrons. The Kier molecular flexibility index (Phi) is 6.62. The van der Waals surface area contributed by atoms with Crippen molar-refractivity contribution in [3.05, 3.63) is 0 Å². The van der Waals surface area contributed by atoms with Crippen molar-refractivity contribution in [2.45, 2.75) is 45.1 Å². The molecule has 1 unspecified atom stereocenters. The monoisotopic (exact) mass is 272 g/mol. The lowest BCUT2D eigenvalue weighted by Crippen LogP contribution is -2.48. The van der Waals surface area contributed by atoms with Gasteiger partial charge in [0.25, 0.3) is 0 Å². The quantitative estimate of drug-likeness (QED) is 0.674. The largest absolute Gasteiger partial charge is 0.481 e. The Labute approximate surface area is 113 Å². The van der Waals surface area contributed by atoms with E-state index in [4.69, 9.17) is 10.2 Å². The molecular formula is C13H24N2O4. The first-order valence-electron chi connectivity index (χ1n) is 6.94. The molecule has 0 aromatic rings. The highest BCUT2D eigenvalue weighted by Crippen LogP contribution is 2.16. The summed E-state index contributed by atoms with van der Waals surface area (Å²) in [6.45, 7) is 3.40. The summed E-state index contributed by atoms with van der Waals surface area (Å²) in [7, 11) is 0. The van der Waals surface area contributed by atoms with Gasteiger partial charge in [0.05, 0.1) is 6.42 Å². The van der Waals surface area contributed by atoms with E-state index in [9.17, 15) is 9.59 Å². The van der Waals surface area contributed by atoms with Crippen molar-refractivity contribution in [2.75, 3.05) is 19.7 Å². The van der Waals surface area contributed by atoms with Gasteiger partial charge in [0.1, 0.15) is 0 Å². The average Bonchev–Trinajstić information content (AvgIpc) is 2.38. The maximum absolute atomic E-state index is 12.0. The fourth-order valence-corrected chi connectivity index (χ4v) is 2.37. The zero-order valence-corrected chi connectivity index (χ0v) is 11.5. The maximum Gasteiger partial charge on any atom is 0.317 e. The second-order valence-electron chi connectivity index (χ2n) is 5.15. The first-order valence-corrected chi connectivity index (χ1v) is 6.94. The van der Waals surface area contributed by atoms with Crippen molar-refractivity contribution >= 4 is 12.0 Å². The van der Waals surface area contributed by atoms with E-state index in [1.54, 1.807) is 4.90 Å². The molecule has 0 aromatic heterocycles. The molecule has 19 heavy (non-hydrogen) atoms. The van der Waals surface area contributed by atoms with E-state index in [-0.39, 0.29) is 31.0 Å². The van der Waals surface area contributed by atoms with Crippen LogP contribution in [-0.2, 0) is 4.79 Å². The van der Waals surface area contributed by atoms with Crippen molar-refractivity contribution in [3.8, 4) is 0 Å². The number of piperidine rings is 1. The number of carboxylic acid groups (broad SMARTS) is 1. The third-order valence-corrected chi connectivity index (χ3v) is 3.55. The molecular weight excluding hydrogens is 248 g/mol. The number of aliphatic hydroxyl groups excluding tert-OH is 1. The molecule has 0 spiro atoms. The normalized spacial score (nSPS) is 18.1. The molecule has 1 aliphatic heterocycles. The minimum atomic E-state index is -0.891. The zero-order chi connectivity index (χ0) is 14.3. The third-order valence-electron chi connectivity index (χ3n) is 3.55. The number of nitrogens with zero attached hydrogens (tertiary/aromatic N) is 1. The fourth-order valence-electron chi connectivity index (χ4n) is 2.37. The first kappa shape index (κ1) is 15.8. The lowest BCUT2D eigenvalue weighted by molar-refractivity contribution is -0.137. The Morgan fingerprint density at radius 1 is 1.37 bits per heavy atom. The molecule has 6 heteroatoms. The molecule has 110 valence electrons. The number of rotatable bonds is 6. The molecule has 1 rings (SSSR count). The predicted molar refractivity (Wildman–Crippen MR) is 70.9 cm³/mol. The highest BCUT2D eigenvalue weighted by atomic mass is 16.4. The van der Waals surface area contributed by atoms with Crippen LogP contribution in [0, 0.1) is 5.92 Å². The van der Waals surface area contributed by atoms with Crippen LogP contribution in [0.3, 0.4) is 0 Å². The number of amides is 2. The summed E-state index contributed by atoms with van der Waals surface area (Å²) in [6, 6.07) is -0.485.